The molecule has 2 aromatic carbocycles. The van der Waals surface area contributed by atoms with Crippen molar-refractivity contribution in [2.45, 2.75) is 26.9 Å². The first-order valence-electron chi connectivity index (χ1n) is 8.41. The van der Waals surface area contributed by atoms with E-state index < -0.39 is 6.10 Å². The molecule has 0 aromatic heterocycles. The van der Waals surface area contributed by atoms with Crippen LogP contribution in [0.15, 0.2) is 54.6 Å². The lowest BCUT2D eigenvalue weighted by Gasteiger charge is -2.24. The smallest absolute Gasteiger partial charge is 0.260 e. The van der Waals surface area contributed by atoms with E-state index >= 15 is 0 Å². The van der Waals surface area contributed by atoms with Crippen molar-refractivity contribution in [1.29, 1.82) is 0 Å². The predicted molar refractivity (Wildman–Crippen MR) is 98.6 cm³/mol. The minimum absolute atomic E-state index is 0.0980. The number of carbonyl (C=O) groups excluding carboxylic acids is 1. The molecule has 4 heteroatoms. The summed E-state index contributed by atoms with van der Waals surface area (Å²) < 4.78 is 5.63. The molecule has 1 unspecified atom stereocenters. The molecule has 1 amide bonds. The second kappa shape index (κ2) is 8.96. The third-order valence-electron chi connectivity index (χ3n) is 3.85. The second-order valence-corrected chi connectivity index (χ2v) is 5.78. The van der Waals surface area contributed by atoms with E-state index in [9.17, 15) is 4.79 Å². The Morgan fingerprint density at radius 3 is 2.58 bits per heavy atom. The molecule has 0 spiro atoms. The number of likely N-dealkylation sites (N-methyl/N-ethyl adjacent to an activating group) is 1. The van der Waals surface area contributed by atoms with Gasteiger partial charge in [0.15, 0.2) is 6.10 Å². The highest BCUT2D eigenvalue weighted by molar-refractivity contribution is 5.80. The summed E-state index contributed by atoms with van der Waals surface area (Å²) in [5.74, 6) is 0.606. The summed E-state index contributed by atoms with van der Waals surface area (Å²) in [6.45, 7) is 8.22. The highest BCUT2D eigenvalue weighted by atomic mass is 16.5. The molecule has 0 aliphatic carbocycles. The molecule has 24 heavy (non-hydrogen) atoms. The van der Waals surface area contributed by atoms with Crippen LogP contribution >= 0.6 is 0 Å². The van der Waals surface area contributed by atoms with E-state index in [2.05, 4.69) is 48.3 Å². The van der Waals surface area contributed by atoms with Gasteiger partial charge in [-0.1, -0.05) is 30.3 Å². The second-order valence-electron chi connectivity index (χ2n) is 5.78. The lowest BCUT2D eigenvalue weighted by molar-refractivity contribution is -0.127. The van der Waals surface area contributed by atoms with Crippen LogP contribution in [-0.2, 0) is 4.79 Å². The van der Waals surface area contributed by atoms with Crippen molar-refractivity contribution in [2.24, 2.45) is 0 Å². The molecule has 0 radical (unpaired) electrons. The third kappa shape index (κ3) is 5.30. The molecule has 128 valence electrons. The lowest BCUT2D eigenvalue weighted by Crippen LogP contribution is -2.40. The van der Waals surface area contributed by atoms with Crippen LogP contribution in [-0.4, -0.2) is 31.6 Å². The minimum atomic E-state index is -0.513. The SMILES string of the molecule is CCN(CCNC(=O)C(C)Oc1ccccc1)c1cccc(C)c1. The Labute approximate surface area is 144 Å². The maximum absolute atomic E-state index is 12.2. The van der Waals surface area contributed by atoms with Crippen LogP contribution in [0.25, 0.3) is 0 Å². The zero-order chi connectivity index (χ0) is 17.4. The molecule has 0 aliphatic heterocycles. The van der Waals surface area contributed by atoms with Crippen LogP contribution in [0.2, 0.25) is 0 Å². The Morgan fingerprint density at radius 1 is 1.17 bits per heavy atom. The molecule has 0 aliphatic rings. The zero-order valence-electron chi connectivity index (χ0n) is 14.7. The van der Waals surface area contributed by atoms with Gasteiger partial charge in [0.2, 0.25) is 0 Å². The van der Waals surface area contributed by atoms with Gasteiger partial charge in [-0.3, -0.25) is 4.79 Å². The Balaban J connectivity index is 1.80. The quantitative estimate of drug-likeness (QED) is 0.808. The maximum Gasteiger partial charge on any atom is 0.260 e. The zero-order valence-corrected chi connectivity index (χ0v) is 14.7. The van der Waals surface area contributed by atoms with Crippen LogP contribution in [0.3, 0.4) is 0 Å². The molecule has 0 saturated carbocycles. The normalized spacial score (nSPS) is 11.6. The molecule has 0 bridgehead atoms. The number of hydrogen-bond acceptors (Lipinski definition) is 3. The molecular weight excluding hydrogens is 300 g/mol. The van der Waals surface area contributed by atoms with Crippen molar-refractivity contribution in [2.75, 3.05) is 24.5 Å². The number of nitrogens with zero attached hydrogens (tertiary/aromatic N) is 1. The van der Waals surface area contributed by atoms with E-state index in [1.165, 1.54) is 11.3 Å². The van der Waals surface area contributed by atoms with Crippen molar-refractivity contribution in [3.05, 3.63) is 60.2 Å². The van der Waals surface area contributed by atoms with Gasteiger partial charge in [-0.2, -0.15) is 0 Å². The van der Waals surface area contributed by atoms with Gasteiger partial charge in [-0.25, -0.2) is 0 Å². The number of nitrogens with one attached hydrogen (secondary N) is 1. The van der Waals surface area contributed by atoms with Crippen LogP contribution in [0.4, 0.5) is 5.69 Å². The van der Waals surface area contributed by atoms with Gasteiger partial charge >= 0.3 is 0 Å². The fourth-order valence-corrected chi connectivity index (χ4v) is 2.51. The molecule has 0 saturated heterocycles. The number of benzene rings is 2. The van der Waals surface area contributed by atoms with Crippen molar-refractivity contribution < 1.29 is 9.53 Å². The van der Waals surface area contributed by atoms with Gasteiger partial charge < -0.3 is 15.0 Å². The van der Waals surface area contributed by atoms with Gasteiger partial charge in [0.05, 0.1) is 0 Å². The van der Waals surface area contributed by atoms with E-state index in [1.54, 1.807) is 6.92 Å². The summed E-state index contributed by atoms with van der Waals surface area (Å²) in [6.07, 6.45) is -0.513. The molecule has 2 aromatic rings. The highest BCUT2D eigenvalue weighted by Crippen LogP contribution is 2.15. The summed E-state index contributed by atoms with van der Waals surface area (Å²) in [5.41, 5.74) is 2.42. The van der Waals surface area contributed by atoms with E-state index in [-0.39, 0.29) is 5.91 Å². The maximum atomic E-state index is 12.2. The van der Waals surface area contributed by atoms with Crippen molar-refractivity contribution >= 4 is 11.6 Å². The Hall–Kier alpha value is -2.49. The fourth-order valence-electron chi connectivity index (χ4n) is 2.51. The molecular formula is C20H26N2O2. The summed E-state index contributed by atoms with van der Waals surface area (Å²) >= 11 is 0. The highest BCUT2D eigenvalue weighted by Gasteiger charge is 2.14. The number of carbonyl (C=O) groups is 1. The van der Waals surface area contributed by atoms with Crippen LogP contribution in [0, 0.1) is 6.92 Å². The first-order chi connectivity index (χ1) is 11.6. The minimum Gasteiger partial charge on any atom is -0.481 e. The van der Waals surface area contributed by atoms with Crippen LogP contribution in [0.1, 0.15) is 19.4 Å². The summed E-state index contributed by atoms with van der Waals surface area (Å²) in [7, 11) is 0. The fraction of sp³-hybridized carbons (Fsp3) is 0.350. The largest absolute Gasteiger partial charge is 0.481 e. The van der Waals surface area contributed by atoms with Crippen molar-refractivity contribution in [3.63, 3.8) is 0 Å². The van der Waals surface area contributed by atoms with Gasteiger partial charge in [-0.05, 0) is 50.6 Å². The number of hydrogen-bond donors (Lipinski definition) is 1. The van der Waals surface area contributed by atoms with Crippen molar-refractivity contribution in [3.8, 4) is 5.75 Å². The average Bonchev–Trinajstić information content (AvgIpc) is 2.59. The Kier molecular flexibility index (Phi) is 6.67. The third-order valence-corrected chi connectivity index (χ3v) is 3.85. The molecule has 0 heterocycles. The van der Waals surface area contributed by atoms with Crippen molar-refractivity contribution in [1.82, 2.24) is 5.32 Å². The predicted octanol–water partition coefficient (Wildman–Crippen LogP) is 3.41. The lowest BCUT2D eigenvalue weighted by atomic mass is 10.2. The van der Waals surface area contributed by atoms with Crippen LogP contribution < -0.4 is 15.0 Å². The van der Waals surface area contributed by atoms with Gasteiger partial charge in [0.1, 0.15) is 5.75 Å². The molecule has 1 atom stereocenters. The van der Waals surface area contributed by atoms with Gasteiger partial charge in [0, 0.05) is 25.3 Å². The number of ether oxygens (including phenoxy) is 1. The number of anilines is 1. The number of amides is 1. The van der Waals surface area contributed by atoms with Gasteiger partial charge in [-0.15, -0.1) is 0 Å². The first-order valence-corrected chi connectivity index (χ1v) is 8.41. The summed E-state index contributed by atoms with van der Waals surface area (Å²) in [4.78, 5) is 14.4. The number of aryl methyl sites for hydroxylation is 1. The standard InChI is InChI=1S/C20H26N2O2/c1-4-22(18-10-8-9-16(2)15-18)14-13-21-20(23)17(3)24-19-11-6-5-7-12-19/h5-12,15,17H,4,13-14H2,1-3H3,(H,21,23). The van der Waals surface area contributed by atoms with Gasteiger partial charge in [0.25, 0.3) is 5.91 Å². The monoisotopic (exact) mass is 326 g/mol. The molecule has 4 nitrogen and oxygen atoms in total. The molecule has 1 N–H and O–H groups in total. The summed E-state index contributed by atoms with van der Waals surface area (Å²) in [6, 6.07) is 17.8. The van der Waals surface area contributed by atoms with E-state index in [0.29, 0.717) is 12.3 Å². The van der Waals surface area contributed by atoms with E-state index in [1.807, 2.05) is 30.3 Å². The van der Waals surface area contributed by atoms with Crippen LogP contribution in [0.5, 0.6) is 5.75 Å². The summed E-state index contributed by atoms with van der Waals surface area (Å²) in [5, 5.41) is 2.95. The van der Waals surface area contributed by atoms with E-state index in [0.717, 1.165) is 13.1 Å². The average molecular weight is 326 g/mol. The van der Waals surface area contributed by atoms with E-state index in [4.69, 9.17) is 4.74 Å². The number of para-hydroxylation sites is 1. The Morgan fingerprint density at radius 2 is 1.92 bits per heavy atom. The first kappa shape index (κ1) is 17.9. The molecule has 0 fully saturated rings. The molecule has 2 rings (SSSR count). The number of rotatable bonds is 8. The Bertz CT molecular complexity index is 643. The topological polar surface area (TPSA) is 41.6 Å².